The first-order valence-electron chi connectivity index (χ1n) is 6.17. The highest BCUT2D eigenvalue weighted by molar-refractivity contribution is 9.10. The fraction of sp³-hybridized carbons (Fsp3) is 0.133. The van der Waals surface area contributed by atoms with Crippen LogP contribution in [0.25, 0.3) is 0 Å². The lowest BCUT2D eigenvalue weighted by molar-refractivity contribution is 0.0950. The summed E-state index contributed by atoms with van der Waals surface area (Å²) >= 11 is 3.27. The molecule has 2 aromatic carbocycles. The molecule has 0 aliphatic rings. The van der Waals surface area contributed by atoms with E-state index in [0.717, 1.165) is 4.47 Å². The Morgan fingerprint density at radius 2 is 2.10 bits per heavy atom. The monoisotopic (exact) mass is 352 g/mol. The van der Waals surface area contributed by atoms with Crippen molar-refractivity contribution in [2.75, 3.05) is 12.8 Å². The van der Waals surface area contributed by atoms with Gasteiger partial charge in [-0.3, -0.25) is 4.79 Å². The summed E-state index contributed by atoms with van der Waals surface area (Å²) in [7, 11) is 1.48. The molecule has 3 N–H and O–H groups in total. The molecule has 21 heavy (non-hydrogen) atoms. The van der Waals surface area contributed by atoms with Crippen LogP contribution in [0.5, 0.6) is 5.75 Å². The number of carbonyl (C=O) groups excluding carboxylic acids is 1. The minimum absolute atomic E-state index is 0.0940. The molecule has 1 amide bonds. The summed E-state index contributed by atoms with van der Waals surface area (Å²) in [5.74, 6) is -0.266. The molecule has 0 unspecified atom stereocenters. The Hall–Kier alpha value is -2.08. The molecule has 0 bridgehead atoms. The van der Waals surface area contributed by atoms with Crippen LogP contribution in [0.3, 0.4) is 0 Å². The second-order valence-corrected chi connectivity index (χ2v) is 5.29. The molecular formula is C15H14BrFN2O2. The molecule has 0 saturated carbocycles. The number of hydrogen-bond donors (Lipinski definition) is 2. The highest BCUT2D eigenvalue weighted by Gasteiger charge is 2.10. The second-order valence-electron chi connectivity index (χ2n) is 4.38. The van der Waals surface area contributed by atoms with Crippen LogP contribution >= 0.6 is 15.9 Å². The summed E-state index contributed by atoms with van der Waals surface area (Å²) in [5, 5.41) is 2.66. The third-order valence-corrected chi connectivity index (χ3v) is 3.44. The Kier molecular flexibility index (Phi) is 4.80. The third kappa shape index (κ3) is 3.72. The van der Waals surface area contributed by atoms with Crippen molar-refractivity contribution in [1.29, 1.82) is 0 Å². The van der Waals surface area contributed by atoms with E-state index < -0.39 is 0 Å². The smallest absolute Gasteiger partial charge is 0.251 e. The van der Waals surface area contributed by atoms with Gasteiger partial charge in [-0.2, -0.15) is 0 Å². The summed E-state index contributed by atoms with van der Waals surface area (Å²) in [5.41, 5.74) is 6.94. The number of methoxy groups -OCH3 is 1. The number of nitrogens with two attached hydrogens (primary N) is 1. The van der Waals surface area contributed by atoms with Gasteiger partial charge in [0.2, 0.25) is 0 Å². The number of anilines is 1. The molecule has 0 aliphatic carbocycles. The van der Waals surface area contributed by atoms with Crippen LogP contribution in [0.4, 0.5) is 10.1 Å². The van der Waals surface area contributed by atoms with Crippen LogP contribution in [0, 0.1) is 5.82 Å². The molecule has 2 rings (SSSR count). The number of ether oxygens (including phenoxy) is 1. The van der Waals surface area contributed by atoms with Crippen molar-refractivity contribution >= 4 is 27.5 Å². The Labute approximate surface area is 130 Å². The van der Waals surface area contributed by atoms with Crippen LogP contribution in [-0.4, -0.2) is 13.0 Å². The van der Waals surface area contributed by atoms with Crippen LogP contribution in [-0.2, 0) is 6.54 Å². The Balaban J connectivity index is 2.10. The average molecular weight is 353 g/mol. The number of benzene rings is 2. The molecule has 4 nitrogen and oxygen atoms in total. The molecule has 0 heterocycles. The highest BCUT2D eigenvalue weighted by Crippen LogP contribution is 2.22. The number of rotatable bonds is 4. The number of carbonyl (C=O) groups is 1. The predicted molar refractivity (Wildman–Crippen MR) is 82.7 cm³/mol. The molecule has 0 atom stereocenters. The summed E-state index contributed by atoms with van der Waals surface area (Å²) < 4.78 is 19.4. The Morgan fingerprint density at radius 3 is 2.81 bits per heavy atom. The van der Waals surface area contributed by atoms with Crippen molar-refractivity contribution < 1.29 is 13.9 Å². The van der Waals surface area contributed by atoms with Gasteiger partial charge in [0.15, 0.2) is 0 Å². The van der Waals surface area contributed by atoms with Crippen molar-refractivity contribution in [2.45, 2.75) is 6.54 Å². The summed E-state index contributed by atoms with van der Waals surface area (Å²) in [4.78, 5) is 12.1. The number of nitrogens with one attached hydrogen (secondary N) is 1. The van der Waals surface area contributed by atoms with E-state index in [1.54, 1.807) is 30.3 Å². The van der Waals surface area contributed by atoms with Crippen LogP contribution < -0.4 is 15.8 Å². The van der Waals surface area contributed by atoms with Gasteiger partial charge in [-0.25, -0.2) is 4.39 Å². The topological polar surface area (TPSA) is 64.3 Å². The minimum Gasteiger partial charge on any atom is -0.495 e. The molecule has 0 fully saturated rings. The molecule has 0 aliphatic heterocycles. The zero-order valence-electron chi connectivity index (χ0n) is 11.3. The van der Waals surface area contributed by atoms with E-state index in [1.165, 1.54) is 13.2 Å². The largest absolute Gasteiger partial charge is 0.495 e. The van der Waals surface area contributed by atoms with E-state index in [9.17, 15) is 9.18 Å². The quantitative estimate of drug-likeness (QED) is 0.831. The van der Waals surface area contributed by atoms with E-state index in [1.807, 2.05) is 0 Å². The fourth-order valence-electron chi connectivity index (χ4n) is 1.81. The van der Waals surface area contributed by atoms with Crippen molar-refractivity contribution in [3.8, 4) is 5.75 Å². The number of hydrogen-bond acceptors (Lipinski definition) is 3. The maximum Gasteiger partial charge on any atom is 0.251 e. The molecular weight excluding hydrogens is 339 g/mol. The van der Waals surface area contributed by atoms with Gasteiger partial charge in [-0.05, 0) is 36.4 Å². The predicted octanol–water partition coefficient (Wildman–Crippen LogP) is 3.11. The van der Waals surface area contributed by atoms with Gasteiger partial charge >= 0.3 is 0 Å². The van der Waals surface area contributed by atoms with Gasteiger partial charge in [0, 0.05) is 22.1 Å². The van der Waals surface area contributed by atoms with Crippen LogP contribution in [0.15, 0.2) is 40.9 Å². The van der Waals surface area contributed by atoms with Gasteiger partial charge in [0.1, 0.15) is 11.6 Å². The maximum absolute atomic E-state index is 13.6. The standard InChI is InChI=1S/C15H14BrFN2O2/c1-21-14-7-9(2-5-13(14)18)15(20)19-8-10-6-11(16)3-4-12(10)17/h2-7H,8,18H2,1H3,(H,19,20). The lowest BCUT2D eigenvalue weighted by atomic mass is 10.1. The number of halogens is 2. The first kappa shape index (κ1) is 15.3. The Morgan fingerprint density at radius 1 is 1.33 bits per heavy atom. The molecule has 0 saturated heterocycles. The van der Waals surface area contributed by atoms with Gasteiger partial charge in [0.05, 0.1) is 12.8 Å². The molecule has 2 aromatic rings. The zero-order chi connectivity index (χ0) is 15.4. The van der Waals surface area contributed by atoms with E-state index in [4.69, 9.17) is 10.5 Å². The van der Waals surface area contributed by atoms with E-state index in [2.05, 4.69) is 21.2 Å². The molecule has 6 heteroatoms. The molecule has 110 valence electrons. The zero-order valence-corrected chi connectivity index (χ0v) is 12.9. The van der Waals surface area contributed by atoms with Gasteiger partial charge in [0.25, 0.3) is 5.91 Å². The van der Waals surface area contributed by atoms with Crippen LogP contribution in [0.2, 0.25) is 0 Å². The first-order chi connectivity index (χ1) is 10.0. The van der Waals surface area contributed by atoms with Crippen molar-refractivity contribution in [3.05, 3.63) is 57.8 Å². The van der Waals surface area contributed by atoms with E-state index in [0.29, 0.717) is 22.6 Å². The fourth-order valence-corrected chi connectivity index (χ4v) is 2.22. The summed E-state index contributed by atoms with van der Waals surface area (Å²) in [6.45, 7) is 0.0940. The Bertz CT molecular complexity index is 677. The van der Waals surface area contributed by atoms with Crippen LogP contribution in [0.1, 0.15) is 15.9 Å². The van der Waals surface area contributed by atoms with Crippen molar-refractivity contribution in [1.82, 2.24) is 5.32 Å². The van der Waals surface area contributed by atoms with Crippen molar-refractivity contribution in [3.63, 3.8) is 0 Å². The lowest BCUT2D eigenvalue weighted by Gasteiger charge is -2.09. The normalized spacial score (nSPS) is 10.2. The third-order valence-electron chi connectivity index (χ3n) is 2.94. The summed E-state index contributed by atoms with van der Waals surface area (Å²) in [6.07, 6.45) is 0. The summed E-state index contributed by atoms with van der Waals surface area (Å²) in [6, 6.07) is 9.29. The van der Waals surface area contributed by atoms with Crippen molar-refractivity contribution in [2.24, 2.45) is 0 Å². The lowest BCUT2D eigenvalue weighted by Crippen LogP contribution is -2.23. The van der Waals surface area contributed by atoms with E-state index in [-0.39, 0.29) is 18.3 Å². The minimum atomic E-state index is -0.367. The molecule has 0 aromatic heterocycles. The van der Waals surface area contributed by atoms with Gasteiger partial charge in [-0.15, -0.1) is 0 Å². The van der Waals surface area contributed by atoms with Gasteiger partial charge < -0.3 is 15.8 Å². The van der Waals surface area contributed by atoms with E-state index >= 15 is 0 Å². The molecule has 0 radical (unpaired) electrons. The second kappa shape index (κ2) is 6.58. The average Bonchev–Trinajstić information content (AvgIpc) is 2.48. The SMILES string of the molecule is COc1cc(C(=O)NCc2cc(Br)ccc2F)ccc1N. The first-order valence-corrected chi connectivity index (χ1v) is 6.96. The van der Waals surface area contributed by atoms with Gasteiger partial charge in [-0.1, -0.05) is 15.9 Å². The number of nitrogen functional groups attached to an aromatic ring is 1. The maximum atomic E-state index is 13.6. The number of amides is 1. The molecule has 0 spiro atoms. The highest BCUT2D eigenvalue weighted by atomic mass is 79.9.